The maximum absolute atomic E-state index is 14.1. The van der Waals surface area contributed by atoms with Crippen molar-refractivity contribution < 1.29 is 18.7 Å². The summed E-state index contributed by atoms with van der Waals surface area (Å²) in [6, 6.07) is 10.9. The average molecular weight is 314 g/mol. The highest BCUT2D eigenvalue weighted by molar-refractivity contribution is 5.94. The second-order valence-electron chi connectivity index (χ2n) is 6.33. The van der Waals surface area contributed by atoms with E-state index in [1.54, 1.807) is 57.2 Å². The molecule has 0 spiro atoms. The van der Waals surface area contributed by atoms with Crippen LogP contribution in [0.4, 0.5) is 4.39 Å². The van der Waals surface area contributed by atoms with Crippen molar-refractivity contribution in [1.29, 1.82) is 0 Å². The highest BCUT2D eigenvalue weighted by Crippen LogP contribution is 2.25. The van der Waals surface area contributed by atoms with Gasteiger partial charge in [-0.05, 0) is 51.5 Å². The average Bonchev–Trinajstić information content (AvgIpc) is 2.45. The molecule has 0 saturated heterocycles. The lowest BCUT2D eigenvalue weighted by molar-refractivity contribution is 0.00694. The predicted octanol–water partition coefficient (Wildman–Crippen LogP) is 4.65. The molecule has 2 aromatic rings. The Morgan fingerprint density at radius 2 is 1.52 bits per heavy atom. The van der Waals surface area contributed by atoms with Crippen molar-refractivity contribution in [2.24, 2.45) is 0 Å². The standard InChI is InChI=1S/C19H19FO3/c1-12(21)15-9-10-16(17(20)11-15)13-5-7-14(8-6-13)18(22)23-19(2,3)4/h5-11H,1-4H3. The van der Waals surface area contributed by atoms with Gasteiger partial charge in [-0.2, -0.15) is 0 Å². The molecule has 0 aliphatic carbocycles. The van der Waals surface area contributed by atoms with E-state index < -0.39 is 17.4 Å². The smallest absolute Gasteiger partial charge is 0.338 e. The first-order chi connectivity index (χ1) is 10.7. The number of hydrogen-bond donors (Lipinski definition) is 0. The zero-order valence-electron chi connectivity index (χ0n) is 13.6. The Bertz CT molecular complexity index is 740. The van der Waals surface area contributed by atoms with Crippen LogP contribution in [0.2, 0.25) is 0 Å². The fourth-order valence-corrected chi connectivity index (χ4v) is 2.09. The molecule has 0 aliphatic rings. The Kier molecular flexibility index (Phi) is 4.64. The minimum atomic E-state index is -0.565. The molecular weight excluding hydrogens is 295 g/mol. The van der Waals surface area contributed by atoms with Gasteiger partial charge >= 0.3 is 5.97 Å². The Morgan fingerprint density at radius 1 is 0.957 bits per heavy atom. The van der Waals surface area contributed by atoms with Crippen LogP contribution >= 0.6 is 0 Å². The Hall–Kier alpha value is -2.49. The van der Waals surface area contributed by atoms with Gasteiger partial charge in [0.05, 0.1) is 5.56 Å². The van der Waals surface area contributed by atoms with Crippen LogP contribution in [0.15, 0.2) is 42.5 Å². The molecule has 3 nitrogen and oxygen atoms in total. The van der Waals surface area contributed by atoms with E-state index >= 15 is 0 Å². The highest BCUT2D eigenvalue weighted by Gasteiger charge is 2.18. The third-order valence-corrected chi connectivity index (χ3v) is 3.21. The lowest BCUT2D eigenvalue weighted by Crippen LogP contribution is -2.23. The molecule has 0 saturated carbocycles. The minimum Gasteiger partial charge on any atom is -0.456 e. The summed E-state index contributed by atoms with van der Waals surface area (Å²) < 4.78 is 19.4. The summed E-state index contributed by atoms with van der Waals surface area (Å²) in [4.78, 5) is 23.2. The number of ketones is 1. The van der Waals surface area contributed by atoms with E-state index in [1.807, 2.05) is 0 Å². The summed E-state index contributed by atoms with van der Waals surface area (Å²) in [6.45, 7) is 6.78. The lowest BCUT2D eigenvalue weighted by Gasteiger charge is -2.19. The summed E-state index contributed by atoms with van der Waals surface area (Å²) in [5.41, 5.74) is 1.18. The van der Waals surface area contributed by atoms with Gasteiger partial charge in [-0.1, -0.05) is 24.3 Å². The highest BCUT2D eigenvalue weighted by atomic mass is 19.1. The van der Waals surface area contributed by atoms with Gasteiger partial charge in [0.2, 0.25) is 0 Å². The first-order valence-corrected chi connectivity index (χ1v) is 7.31. The first kappa shape index (κ1) is 16.9. The van der Waals surface area contributed by atoms with Crippen molar-refractivity contribution in [2.75, 3.05) is 0 Å². The maximum Gasteiger partial charge on any atom is 0.338 e. The summed E-state index contributed by atoms with van der Waals surface area (Å²) in [5, 5.41) is 0. The fourth-order valence-electron chi connectivity index (χ4n) is 2.09. The molecule has 0 bridgehead atoms. The van der Waals surface area contributed by atoms with Crippen molar-refractivity contribution >= 4 is 11.8 Å². The van der Waals surface area contributed by atoms with E-state index in [1.165, 1.54) is 13.0 Å². The van der Waals surface area contributed by atoms with Crippen molar-refractivity contribution in [3.8, 4) is 11.1 Å². The van der Waals surface area contributed by atoms with Gasteiger partial charge < -0.3 is 4.74 Å². The molecule has 120 valence electrons. The van der Waals surface area contributed by atoms with Gasteiger partial charge in [0.1, 0.15) is 11.4 Å². The number of Topliss-reactive ketones (excluding diaryl/α,β-unsaturated/α-hetero) is 1. The topological polar surface area (TPSA) is 43.4 Å². The predicted molar refractivity (Wildman–Crippen MR) is 87.0 cm³/mol. The Balaban J connectivity index is 2.26. The van der Waals surface area contributed by atoms with Crippen LogP contribution in [0.25, 0.3) is 11.1 Å². The number of carbonyl (C=O) groups is 2. The number of carbonyl (C=O) groups excluding carboxylic acids is 2. The first-order valence-electron chi connectivity index (χ1n) is 7.31. The molecule has 0 unspecified atom stereocenters. The molecular formula is C19H19FO3. The van der Waals surface area contributed by atoms with E-state index in [-0.39, 0.29) is 5.78 Å². The van der Waals surface area contributed by atoms with Crippen LogP contribution < -0.4 is 0 Å². The normalized spacial score (nSPS) is 11.2. The molecule has 4 heteroatoms. The monoisotopic (exact) mass is 314 g/mol. The van der Waals surface area contributed by atoms with E-state index in [4.69, 9.17) is 4.74 Å². The summed E-state index contributed by atoms with van der Waals surface area (Å²) in [7, 11) is 0. The molecule has 0 atom stereocenters. The summed E-state index contributed by atoms with van der Waals surface area (Å²) in [6.07, 6.45) is 0. The van der Waals surface area contributed by atoms with Crippen LogP contribution in [0.1, 0.15) is 48.4 Å². The zero-order valence-corrected chi connectivity index (χ0v) is 13.6. The number of benzene rings is 2. The van der Waals surface area contributed by atoms with Crippen molar-refractivity contribution in [1.82, 2.24) is 0 Å². The molecule has 0 aromatic heterocycles. The number of esters is 1. The molecule has 23 heavy (non-hydrogen) atoms. The van der Waals surface area contributed by atoms with Crippen LogP contribution in [-0.2, 0) is 4.74 Å². The molecule has 0 heterocycles. The number of ether oxygens (including phenoxy) is 1. The van der Waals surface area contributed by atoms with Gasteiger partial charge in [-0.25, -0.2) is 9.18 Å². The Morgan fingerprint density at radius 3 is 2.00 bits per heavy atom. The molecule has 0 radical (unpaired) electrons. The molecule has 0 aliphatic heterocycles. The molecule has 0 N–H and O–H groups in total. The van der Waals surface area contributed by atoms with Gasteiger partial charge in [-0.15, -0.1) is 0 Å². The van der Waals surface area contributed by atoms with Crippen LogP contribution in [-0.4, -0.2) is 17.4 Å². The van der Waals surface area contributed by atoms with E-state index in [0.29, 0.717) is 22.3 Å². The van der Waals surface area contributed by atoms with Gasteiger partial charge in [0, 0.05) is 11.1 Å². The third-order valence-electron chi connectivity index (χ3n) is 3.21. The summed E-state index contributed by atoms with van der Waals surface area (Å²) in [5.74, 6) is -1.07. The van der Waals surface area contributed by atoms with Gasteiger partial charge in [0.25, 0.3) is 0 Å². The van der Waals surface area contributed by atoms with Crippen LogP contribution in [0, 0.1) is 5.82 Å². The number of rotatable bonds is 3. The van der Waals surface area contributed by atoms with E-state index in [0.717, 1.165) is 0 Å². The van der Waals surface area contributed by atoms with E-state index in [9.17, 15) is 14.0 Å². The van der Waals surface area contributed by atoms with Crippen molar-refractivity contribution in [3.05, 3.63) is 59.4 Å². The second kappa shape index (κ2) is 6.32. The van der Waals surface area contributed by atoms with Crippen molar-refractivity contribution in [3.63, 3.8) is 0 Å². The molecule has 0 fully saturated rings. The maximum atomic E-state index is 14.1. The molecule has 2 aromatic carbocycles. The summed E-state index contributed by atoms with van der Waals surface area (Å²) >= 11 is 0. The largest absolute Gasteiger partial charge is 0.456 e. The quantitative estimate of drug-likeness (QED) is 0.612. The minimum absolute atomic E-state index is 0.185. The molecule has 0 amide bonds. The zero-order chi connectivity index (χ0) is 17.2. The van der Waals surface area contributed by atoms with Crippen LogP contribution in [0.5, 0.6) is 0 Å². The van der Waals surface area contributed by atoms with Gasteiger partial charge in [-0.3, -0.25) is 4.79 Å². The van der Waals surface area contributed by atoms with Crippen LogP contribution in [0.3, 0.4) is 0 Å². The SMILES string of the molecule is CC(=O)c1ccc(-c2ccc(C(=O)OC(C)(C)C)cc2)c(F)c1. The van der Waals surface area contributed by atoms with E-state index in [2.05, 4.69) is 0 Å². The number of hydrogen-bond acceptors (Lipinski definition) is 3. The lowest BCUT2D eigenvalue weighted by atomic mass is 10.0. The number of halogens is 1. The third kappa shape index (κ3) is 4.25. The molecule has 2 rings (SSSR count). The van der Waals surface area contributed by atoms with Crippen molar-refractivity contribution in [2.45, 2.75) is 33.3 Å². The van der Waals surface area contributed by atoms with Gasteiger partial charge in [0.15, 0.2) is 5.78 Å². The second-order valence-corrected chi connectivity index (χ2v) is 6.33. The fraction of sp³-hybridized carbons (Fsp3) is 0.263. The Labute approximate surface area is 135 Å².